The SMILES string of the molecule is CNC(=O)Nc1ccc2[nH]c3c(c2c1)CCc1cn[nH]c1-3. The minimum atomic E-state index is -0.213. The Morgan fingerprint density at radius 3 is 3.05 bits per heavy atom. The second-order valence-corrected chi connectivity index (χ2v) is 5.21. The molecule has 1 aliphatic carbocycles. The number of aromatic amines is 2. The maximum Gasteiger partial charge on any atom is 0.318 e. The molecule has 6 nitrogen and oxygen atoms in total. The Balaban J connectivity index is 1.85. The molecule has 3 aromatic rings. The summed E-state index contributed by atoms with van der Waals surface area (Å²) < 4.78 is 0. The number of carbonyl (C=O) groups excluding carboxylic acids is 1. The van der Waals surface area contributed by atoms with Gasteiger partial charge in [0.1, 0.15) is 0 Å². The van der Waals surface area contributed by atoms with Gasteiger partial charge in [-0.25, -0.2) is 4.79 Å². The highest BCUT2D eigenvalue weighted by molar-refractivity contribution is 5.96. The molecule has 0 saturated carbocycles. The fourth-order valence-corrected chi connectivity index (χ4v) is 2.97. The number of nitrogens with zero attached hydrogens (tertiary/aromatic N) is 1. The molecule has 0 saturated heterocycles. The summed E-state index contributed by atoms with van der Waals surface area (Å²) in [5.74, 6) is 0. The summed E-state index contributed by atoms with van der Waals surface area (Å²) >= 11 is 0. The molecular formula is C15H15N5O. The van der Waals surface area contributed by atoms with Crippen LogP contribution in [-0.4, -0.2) is 28.3 Å². The van der Waals surface area contributed by atoms with Gasteiger partial charge in [-0.3, -0.25) is 5.10 Å². The zero-order chi connectivity index (χ0) is 14.4. The van der Waals surface area contributed by atoms with Crippen LogP contribution >= 0.6 is 0 Å². The van der Waals surface area contributed by atoms with Crippen molar-refractivity contribution in [1.29, 1.82) is 0 Å². The van der Waals surface area contributed by atoms with Gasteiger partial charge in [0.25, 0.3) is 0 Å². The van der Waals surface area contributed by atoms with Gasteiger partial charge in [-0.05, 0) is 42.2 Å². The van der Waals surface area contributed by atoms with Gasteiger partial charge < -0.3 is 15.6 Å². The normalized spacial score (nSPS) is 12.8. The summed E-state index contributed by atoms with van der Waals surface area (Å²) in [6.45, 7) is 0. The van der Waals surface area contributed by atoms with Crippen molar-refractivity contribution in [2.45, 2.75) is 12.8 Å². The van der Waals surface area contributed by atoms with E-state index in [0.29, 0.717) is 0 Å². The van der Waals surface area contributed by atoms with Crippen molar-refractivity contribution in [3.8, 4) is 11.4 Å². The van der Waals surface area contributed by atoms with Gasteiger partial charge in [0.15, 0.2) is 0 Å². The molecule has 4 N–H and O–H groups in total. The van der Waals surface area contributed by atoms with Gasteiger partial charge in [0, 0.05) is 23.6 Å². The summed E-state index contributed by atoms with van der Waals surface area (Å²) in [5, 5.41) is 13.7. The third-order valence-corrected chi connectivity index (χ3v) is 4.00. The molecule has 106 valence electrons. The lowest BCUT2D eigenvalue weighted by Gasteiger charge is -2.11. The van der Waals surface area contributed by atoms with E-state index in [0.717, 1.165) is 40.8 Å². The highest BCUT2D eigenvalue weighted by Gasteiger charge is 2.22. The Kier molecular flexibility index (Phi) is 2.50. The largest absolute Gasteiger partial charge is 0.353 e. The van der Waals surface area contributed by atoms with Crippen LogP contribution in [0.25, 0.3) is 22.3 Å². The number of hydrogen-bond acceptors (Lipinski definition) is 2. The number of aryl methyl sites for hydroxylation is 2. The number of aromatic nitrogens is 3. The molecule has 2 amide bonds. The maximum absolute atomic E-state index is 11.4. The lowest BCUT2D eigenvalue weighted by atomic mass is 9.94. The fourth-order valence-electron chi connectivity index (χ4n) is 2.97. The molecule has 6 heteroatoms. The van der Waals surface area contributed by atoms with E-state index in [9.17, 15) is 4.79 Å². The smallest absolute Gasteiger partial charge is 0.318 e. The minimum absolute atomic E-state index is 0.213. The number of benzene rings is 1. The van der Waals surface area contributed by atoms with Crippen molar-refractivity contribution >= 4 is 22.6 Å². The Labute approximate surface area is 120 Å². The molecule has 0 atom stereocenters. The number of nitrogens with one attached hydrogen (secondary N) is 4. The summed E-state index contributed by atoms with van der Waals surface area (Å²) in [5.41, 5.74) is 6.58. The zero-order valence-corrected chi connectivity index (χ0v) is 11.6. The van der Waals surface area contributed by atoms with Crippen LogP contribution in [0.4, 0.5) is 10.5 Å². The molecule has 21 heavy (non-hydrogen) atoms. The van der Waals surface area contributed by atoms with E-state index < -0.39 is 0 Å². The number of urea groups is 1. The monoisotopic (exact) mass is 281 g/mol. The first kappa shape index (κ1) is 12.0. The van der Waals surface area contributed by atoms with Crippen molar-refractivity contribution < 1.29 is 4.79 Å². The Morgan fingerprint density at radius 2 is 2.19 bits per heavy atom. The van der Waals surface area contributed by atoms with Gasteiger partial charge >= 0.3 is 6.03 Å². The van der Waals surface area contributed by atoms with E-state index >= 15 is 0 Å². The van der Waals surface area contributed by atoms with E-state index in [2.05, 4.69) is 25.8 Å². The van der Waals surface area contributed by atoms with Crippen LogP contribution in [0, 0.1) is 0 Å². The number of anilines is 1. The molecule has 0 unspecified atom stereocenters. The van der Waals surface area contributed by atoms with E-state index in [-0.39, 0.29) is 6.03 Å². The number of fused-ring (bicyclic) bond motifs is 5. The topological polar surface area (TPSA) is 85.6 Å². The second-order valence-electron chi connectivity index (χ2n) is 5.21. The van der Waals surface area contributed by atoms with Gasteiger partial charge in [0.05, 0.1) is 17.6 Å². The predicted molar refractivity (Wildman–Crippen MR) is 81.4 cm³/mol. The lowest BCUT2D eigenvalue weighted by molar-refractivity contribution is 0.254. The highest BCUT2D eigenvalue weighted by atomic mass is 16.2. The first-order valence-electron chi connectivity index (χ1n) is 6.92. The van der Waals surface area contributed by atoms with Crippen LogP contribution in [0.5, 0.6) is 0 Å². The van der Waals surface area contributed by atoms with E-state index in [1.165, 1.54) is 11.1 Å². The number of amides is 2. The Bertz CT molecular complexity index is 845. The molecule has 0 spiro atoms. The highest BCUT2D eigenvalue weighted by Crippen LogP contribution is 2.36. The van der Waals surface area contributed by atoms with Crippen LogP contribution in [0.2, 0.25) is 0 Å². The van der Waals surface area contributed by atoms with Crippen molar-refractivity contribution in [2.75, 3.05) is 12.4 Å². The number of carbonyl (C=O) groups is 1. The lowest BCUT2D eigenvalue weighted by Crippen LogP contribution is -2.24. The van der Waals surface area contributed by atoms with Crippen LogP contribution in [0.1, 0.15) is 11.1 Å². The van der Waals surface area contributed by atoms with Crippen LogP contribution in [0.15, 0.2) is 24.4 Å². The number of rotatable bonds is 1. The third kappa shape index (κ3) is 1.79. The average molecular weight is 281 g/mol. The fraction of sp³-hybridized carbons (Fsp3) is 0.200. The average Bonchev–Trinajstić information content (AvgIpc) is 3.10. The summed E-state index contributed by atoms with van der Waals surface area (Å²) in [6.07, 6.45) is 3.85. The predicted octanol–water partition coefficient (Wildman–Crippen LogP) is 2.41. The summed E-state index contributed by atoms with van der Waals surface area (Å²) in [4.78, 5) is 14.9. The number of H-pyrrole nitrogens is 2. The molecule has 0 radical (unpaired) electrons. The standard InChI is InChI=1S/C15H15N5O/c1-16-15(21)18-9-3-5-12-11(6-9)10-4-2-8-7-17-20-13(8)14(10)19-12/h3,5-7,19H,2,4H2,1H3,(H,17,20)(H2,16,18,21). The Morgan fingerprint density at radius 1 is 1.29 bits per heavy atom. The molecule has 0 aliphatic heterocycles. The van der Waals surface area contributed by atoms with Crippen molar-refractivity contribution in [1.82, 2.24) is 20.5 Å². The van der Waals surface area contributed by atoms with Crippen LogP contribution in [0.3, 0.4) is 0 Å². The quantitative estimate of drug-likeness (QED) is 0.552. The van der Waals surface area contributed by atoms with Gasteiger partial charge in [0.2, 0.25) is 0 Å². The third-order valence-electron chi connectivity index (χ3n) is 4.00. The number of hydrogen-bond donors (Lipinski definition) is 4. The molecule has 2 heterocycles. The van der Waals surface area contributed by atoms with E-state index in [4.69, 9.17) is 0 Å². The van der Waals surface area contributed by atoms with Crippen molar-refractivity contribution in [3.63, 3.8) is 0 Å². The zero-order valence-electron chi connectivity index (χ0n) is 11.6. The molecule has 0 fully saturated rings. The van der Waals surface area contributed by atoms with Crippen molar-refractivity contribution in [3.05, 3.63) is 35.5 Å². The summed E-state index contributed by atoms with van der Waals surface area (Å²) in [6, 6.07) is 5.69. The van der Waals surface area contributed by atoms with Gasteiger partial charge in [-0.15, -0.1) is 0 Å². The van der Waals surface area contributed by atoms with Crippen molar-refractivity contribution in [2.24, 2.45) is 0 Å². The first-order valence-corrected chi connectivity index (χ1v) is 6.92. The molecule has 2 aromatic heterocycles. The molecule has 4 rings (SSSR count). The van der Waals surface area contributed by atoms with Gasteiger partial charge in [-0.1, -0.05) is 0 Å². The molecule has 0 bridgehead atoms. The second kappa shape index (κ2) is 4.37. The molecule has 1 aliphatic rings. The Hall–Kier alpha value is -2.76. The van der Waals surface area contributed by atoms with E-state index in [1.54, 1.807) is 7.05 Å². The van der Waals surface area contributed by atoms with Gasteiger partial charge in [-0.2, -0.15) is 5.10 Å². The first-order chi connectivity index (χ1) is 10.3. The molecular weight excluding hydrogens is 266 g/mol. The summed E-state index contributed by atoms with van der Waals surface area (Å²) in [7, 11) is 1.60. The van der Waals surface area contributed by atoms with E-state index in [1.807, 2.05) is 24.4 Å². The molecule has 1 aromatic carbocycles. The minimum Gasteiger partial charge on any atom is -0.353 e. The van der Waals surface area contributed by atoms with Crippen LogP contribution in [-0.2, 0) is 12.8 Å². The van der Waals surface area contributed by atoms with Crippen LogP contribution < -0.4 is 10.6 Å². The maximum atomic E-state index is 11.4.